The van der Waals surface area contributed by atoms with Gasteiger partial charge in [0.05, 0.1) is 16.7 Å². The Bertz CT molecular complexity index is 1310. The number of piperazine rings is 1. The number of nitrogens with two attached hydrogens (primary N) is 1. The smallest absolute Gasteiger partial charge is 0.368 e. The molecular formula is C26H26F3N7O. The Hall–Kier alpha value is -4.01. The summed E-state index contributed by atoms with van der Waals surface area (Å²) in [7, 11) is 0. The number of alkyl halides is 3. The van der Waals surface area contributed by atoms with Crippen molar-refractivity contribution in [2.24, 2.45) is 0 Å². The normalized spacial score (nSPS) is 14.6. The van der Waals surface area contributed by atoms with Crippen LogP contribution in [0.1, 0.15) is 39.5 Å². The zero-order chi connectivity index (χ0) is 26.4. The van der Waals surface area contributed by atoms with Crippen LogP contribution in [-0.2, 0) is 12.7 Å². The molecule has 192 valence electrons. The molecule has 0 unspecified atom stereocenters. The Labute approximate surface area is 212 Å². The van der Waals surface area contributed by atoms with E-state index in [1.54, 1.807) is 0 Å². The minimum atomic E-state index is -4.55. The second-order valence-corrected chi connectivity index (χ2v) is 8.58. The molecule has 1 aliphatic heterocycles. The summed E-state index contributed by atoms with van der Waals surface area (Å²) in [4.78, 5) is 28.8. The molecule has 0 aliphatic carbocycles. The number of carbonyl (C=O) groups excluding carboxylic acids is 1. The molecule has 0 atom stereocenters. The Morgan fingerprint density at radius 1 is 1.00 bits per heavy atom. The van der Waals surface area contributed by atoms with Gasteiger partial charge in [-0.25, -0.2) is 9.97 Å². The zero-order valence-corrected chi connectivity index (χ0v) is 20.2. The summed E-state index contributed by atoms with van der Waals surface area (Å²) in [5.41, 5.74) is 6.05. The molecule has 1 saturated heterocycles. The second-order valence-electron chi connectivity index (χ2n) is 8.58. The molecule has 11 heteroatoms. The highest BCUT2D eigenvalue weighted by Gasteiger charge is 2.34. The molecule has 8 nitrogen and oxygen atoms in total. The van der Waals surface area contributed by atoms with Crippen molar-refractivity contribution < 1.29 is 18.0 Å². The first-order chi connectivity index (χ1) is 17.7. The van der Waals surface area contributed by atoms with Crippen molar-refractivity contribution in [2.45, 2.75) is 19.6 Å². The van der Waals surface area contributed by atoms with Crippen molar-refractivity contribution in [2.75, 3.05) is 43.8 Å². The Kier molecular flexibility index (Phi) is 8.01. The maximum Gasteiger partial charge on any atom is 0.416 e. The average molecular weight is 510 g/mol. The fourth-order valence-corrected chi connectivity index (χ4v) is 3.94. The summed E-state index contributed by atoms with van der Waals surface area (Å²) in [6.45, 7) is 6.28. The number of aromatic nitrogens is 3. The largest absolute Gasteiger partial charge is 0.416 e. The highest BCUT2D eigenvalue weighted by atomic mass is 19.4. The van der Waals surface area contributed by atoms with Crippen LogP contribution in [0.5, 0.6) is 0 Å². The van der Waals surface area contributed by atoms with Crippen molar-refractivity contribution in [3.05, 3.63) is 76.9 Å². The van der Waals surface area contributed by atoms with Crippen LogP contribution in [0, 0.1) is 11.8 Å². The van der Waals surface area contributed by atoms with Gasteiger partial charge < -0.3 is 16.0 Å². The number of hydrogen-bond acceptors (Lipinski definition) is 7. The summed E-state index contributed by atoms with van der Waals surface area (Å²) in [6, 6.07) is 5.40. The Balaban J connectivity index is 1.48. The van der Waals surface area contributed by atoms with Crippen molar-refractivity contribution in [1.82, 2.24) is 24.8 Å². The second kappa shape index (κ2) is 11.4. The molecule has 1 aliphatic rings. The molecule has 1 fully saturated rings. The van der Waals surface area contributed by atoms with E-state index in [0.717, 1.165) is 25.7 Å². The van der Waals surface area contributed by atoms with E-state index in [-0.39, 0.29) is 29.3 Å². The van der Waals surface area contributed by atoms with Gasteiger partial charge in [0.2, 0.25) is 5.95 Å². The number of benzene rings is 1. The molecule has 3 heterocycles. The molecule has 0 bridgehead atoms. The van der Waals surface area contributed by atoms with E-state index in [9.17, 15) is 18.0 Å². The first kappa shape index (κ1) is 26.1. The first-order valence-corrected chi connectivity index (χ1v) is 11.7. The number of hydrogen-bond donors (Lipinski definition) is 2. The highest BCUT2D eigenvalue weighted by molar-refractivity contribution is 6.04. The van der Waals surface area contributed by atoms with Gasteiger partial charge in [0, 0.05) is 68.8 Å². The van der Waals surface area contributed by atoms with Gasteiger partial charge in [-0.2, -0.15) is 13.2 Å². The number of pyridine rings is 1. The highest BCUT2D eigenvalue weighted by Crippen LogP contribution is 2.34. The quantitative estimate of drug-likeness (QED) is 0.510. The maximum atomic E-state index is 13.9. The molecule has 0 spiro atoms. The lowest BCUT2D eigenvalue weighted by atomic mass is 10.0. The molecular weight excluding hydrogens is 483 g/mol. The van der Waals surface area contributed by atoms with Crippen LogP contribution in [0.15, 0.2) is 49.1 Å². The lowest BCUT2D eigenvalue weighted by Gasteiger charge is -2.34. The van der Waals surface area contributed by atoms with Crippen LogP contribution in [0.25, 0.3) is 0 Å². The number of nitrogens with zero attached hydrogens (tertiary/aromatic N) is 5. The molecule has 1 amide bonds. The van der Waals surface area contributed by atoms with Gasteiger partial charge in [-0.15, -0.1) is 0 Å². The summed E-state index contributed by atoms with van der Waals surface area (Å²) in [5, 5.41) is 2.54. The summed E-state index contributed by atoms with van der Waals surface area (Å²) in [5.74, 6) is 5.22. The van der Waals surface area contributed by atoms with Gasteiger partial charge in [-0.3, -0.25) is 14.7 Å². The molecule has 0 radical (unpaired) electrons. The van der Waals surface area contributed by atoms with Crippen LogP contribution in [0.2, 0.25) is 0 Å². The predicted octanol–water partition coefficient (Wildman–Crippen LogP) is 3.26. The van der Waals surface area contributed by atoms with E-state index in [0.29, 0.717) is 24.2 Å². The molecule has 4 rings (SSSR count). The first-order valence-electron chi connectivity index (χ1n) is 11.7. The van der Waals surface area contributed by atoms with Gasteiger partial charge in [-0.05, 0) is 30.3 Å². The van der Waals surface area contributed by atoms with Gasteiger partial charge in [0.15, 0.2) is 0 Å². The van der Waals surface area contributed by atoms with Crippen LogP contribution >= 0.6 is 0 Å². The van der Waals surface area contributed by atoms with Gasteiger partial charge >= 0.3 is 6.18 Å². The number of likely N-dealkylation sites (N-methyl/N-ethyl adjacent to an activating group) is 1. The van der Waals surface area contributed by atoms with Gasteiger partial charge in [-0.1, -0.05) is 24.8 Å². The SMILES string of the molecule is CCN1CCN(Cc2ccc(NC(=O)c3cncc(C#Cc4cnc(N)nc4)c3)cc2C(F)(F)F)CC1. The minimum absolute atomic E-state index is 0.0485. The molecule has 2 aromatic heterocycles. The zero-order valence-electron chi connectivity index (χ0n) is 20.2. The number of rotatable bonds is 5. The number of anilines is 2. The van der Waals surface area contributed by atoms with E-state index in [4.69, 9.17) is 5.73 Å². The van der Waals surface area contributed by atoms with E-state index in [2.05, 4.69) is 43.9 Å². The van der Waals surface area contributed by atoms with Gasteiger partial charge in [0.25, 0.3) is 5.91 Å². The van der Waals surface area contributed by atoms with Crippen molar-refractivity contribution >= 4 is 17.5 Å². The molecule has 0 saturated carbocycles. The summed E-state index contributed by atoms with van der Waals surface area (Å²) in [6.07, 6.45) is 1.17. The standard InChI is InChI=1S/C26H26F3N7O/c1-2-35-7-9-36(10-8-35)17-20-5-6-22(12-23(20)26(27,28)29)34-24(37)21-11-18(13-31-16-21)3-4-19-14-32-25(30)33-15-19/h5-6,11-16H,2,7-10,17H2,1H3,(H,34,37)(H2,30,32,33). The van der Waals surface area contributed by atoms with Crippen LogP contribution in [0.4, 0.5) is 24.8 Å². The van der Waals surface area contributed by atoms with E-state index in [1.807, 2.05) is 4.90 Å². The van der Waals surface area contributed by atoms with Crippen LogP contribution in [0.3, 0.4) is 0 Å². The third-order valence-electron chi connectivity index (χ3n) is 6.00. The Morgan fingerprint density at radius 3 is 2.35 bits per heavy atom. The lowest BCUT2D eigenvalue weighted by Crippen LogP contribution is -2.45. The van der Waals surface area contributed by atoms with Crippen molar-refractivity contribution in [3.63, 3.8) is 0 Å². The third-order valence-corrected chi connectivity index (χ3v) is 6.00. The summed E-state index contributed by atoms with van der Waals surface area (Å²) >= 11 is 0. The van der Waals surface area contributed by atoms with Crippen LogP contribution < -0.4 is 11.1 Å². The predicted molar refractivity (Wildman–Crippen MR) is 133 cm³/mol. The molecule has 1 aromatic carbocycles. The molecule has 3 aromatic rings. The van der Waals surface area contributed by atoms with E-state index < -0.39 is 17.6 Å². The fraction of sp³-hybridized carbons (Fsp3) is 0.308. The van der Waals surface area contributed by atoms with Gasteiger partial charge in [0.1, 0.15) is 0 Å². The topological polar surface area (TPSA) is 100 Å². The monoisotopic (exact) mass is 509 g/mol. The number of nitrogens with one attached hydrogen (secondary N) is 1. The maximum absolute atomic E-state index is 13.9. The number of amides is 1. The fourth-order valence-electron chi connectivity index (χ4n) is 3.94. The van der Waals surface area contributed by atoms with Crippen molar-refractivity contribution in [1.29, 1.82) is 0 Å². The van der Waals surface area contributed by atoms with E-state index >= 15 is 0 Å². The Morgan fingerprint density at radius 2 is 1.68 bits per heavy atom. The van der Waals surface area contributed by atoms with Crippen molar-refractivity contribution in [3.8, 4) is 11.8 Å². The van der Waals surface area contributed by atoms with Crippen LogP contribution in [-0.4, -0.2) is 63.4 Å². The third kappa shape index (κ3) is 7.03. The average Bonchev–Trinajstić information content (AvgIpc) is 2.89. The van der Waals surface area contributed by atoms with E-state index in [1.165, 1.54) is 43.0 Å². The summed E-state index contributed by atoms with van der Waals surface area (Å²) < 4.78 is 41.6. The number of carbonyl (C=O) groups is 1. The lowest BCUT2D eigenvalue weighted by molar-refractivity contribution is -0.138. The number of halogens is 3. The molecule has 3 N–H and O–H groups in total. The minimum Gasteiger partial charge on any atom is -0.368 e. The number of nitrogen functional groups attached to an aromatic ring is 1. The molecule has 37 heavy (non-hydrogen) atoms.